The maximum atomic E-state index is 12.8. The van der Waals surface area contributed by atoms with Crippen molar-refractivity contribution in [3.8, 4) is 0 Å². The zero-order chi connectivity index (χ0) is 21.3. The third-order valence-electron chi connectivity index (χ3n) is 5.40. The molecule has 3 rings (SSSR count). The summed E-state index contributed by atoms with van der Waals surface area (Å²) in [5.74, 6) is -2.37. The topological polar surface area (TPSA) is 112 Å². The molecule has 0 aliphatic carbocycles. The molecule has 0 spiro atoms. The Morgan fingerprint density at radius 1 is 1.16 bits per heavy atom. The van der Waals surface area contributed by atoms with E-state index in [1.165, 1.54) is 6.20 Å². The van der Waals surface area contributed by atoms with Crippen LogP contribution in [0.1, 0.15) is 36.3 Å². The number of hydrogen-bond acceptors (Lipinski definition) is 5. The molecule has 0 bridgehead atoms. The number of piperidine rings is 1. The Morgan fingerprint density at radius 2 is 1.91 bits per heavy atom. The molecular weight excluding hydrogens is 455 g/mol. The van der Waals surface area contributed by atoms with E-state index >= 15 is 0 Å². The van der Waals surface area contributed by atoms with Gasteiger partial charge in [-0.05, 0) is 55.0 Å². The fraction of sp³-hybridized carbons (Fsp3) is 0.409. The predicted molar refractivity (Wildman–Crippen MR) is 124 cm³/mol. The van der Waals surface area contributed by atoms with Gasteiger partial charge >= 0.3 is 5.97 Å². The molecule has 8 nitrogen and oxygen atoms in total. The van der Waals surface area contributed by atoms with Crippen LogP contribution in [0, 0.1) is 5.92 Å². The van der Waals surface area contributed by atoms with E-state index in [0.717, 1.165) is 31.2 Å². The van der Waals surface area contributed by atoms with Gasteiger partial charge in [-0.15, -0.1) is 24.8 Å². The van der Waals surface area contributed by atoms with Crippen LogP contribution in [0.15, 0.2) is 49.1 Å². The first-order valence-corrected chi connectivity index (χ1v) is 10.1. The van der Waals surface area contributed by atoms with Crippen LogP contribution in [-0.2, 0) is 20.8 Å². The van der Waals surface area contributed by atoms with Crippen molar-refractivity contribution in [2.24, 2.45) is 5.92 Å². The number of carboxylic acid groups (broad SMARTS) is 1. The predicted octanol–water partition coefficient (Wildman–Crippen LogP) is 2.48. The van der Waals surface area contributed by atoms with Gasteiger partial charge in [0, 0.05) is 43.8 Å². The summed E-state index contributed by atoms with van der Waals surface area (Å²) in [7, 11) is 0. The molecule has 10 heteroatoms. The standard InChI is InChI=1S/C22H26N4O4.2ClH/c27-20(25-14-19(22(29)30)18-3-1-9-24-13-18)15-26-12-2-4-17(21(26)28)6-5-16-7-10-23-11-8-16;;/h1,3,7-11,13,17,19H,2,4-6,12,14-15H2,(H,25,27)(H,29,30);2*1H/t17-,19+;;/m0../s1. The van der Waals surface area contributed by atoms with Crippen molar-refractivity contribution in [2.75, 3.05) is 19.6 Å². The molecule has 32 heavy (non-hydrogen) atoms. The Morgan fingerprint density at radius 3 is 2.56 bits per heavy atom. The highest BCUT2D eigenvalue weighted by Crippen LogP contribution is 2.23. The van der Waals surface area contributed by atoms with Crippen LogP contribution < -0.4 is 5.32 Å². The lowest BCUT2D eigenvalue weighted by Crippen LogP contribution is -2.47. The molecule has 1 aliphatic heterocycles. The molecule has 1 fully saturated rings. The molecule has 2 N–H and O–H groups in total. The summed E-state index contributed by atoms with van der Waals surface area (Å²) in [5.41, 5.74) is 1.67. The fourth-order valence-corrected chi connectivity index (χ4v) is 3.71. The first kappa shape index (κ1) is 27.3. The van der Waals surface area contributed by atoms with Crippen molar-refractivity contribution in [1.29, 1.82) is 0 Å². The first-order chi connectivity index (χ1) is 14.5. The van der Waals surface area contributed by atoms with Gasteiger partial charge in [0.15, 0.2) is 0 Å². The Kier molecular flexibility index (Phi) is 11.7. The van der Waals surface area contributed by atoms with Crippen LogP contribution in [0.3, 0.4) is 0 Å². The minimum absolute atomic E-state index is 0. The van der Waals surface area contributed by atoms with E-state index in [2.05, 4.69) is 15.3 Å². The highest BCUT2D eigenvalue weighted by atomic mass is 35.5. The number of rotatable bonds is 9. The van der Waals surface area contributed by atoms with Crippen molar-refractivity contribution >= 4 is 42.6 Å². The van der Waals surface area contributed by atoms with Crippen LogP contribution in [0.2, 0.25) is 0 Å². The van der Waals surface area contributed by atoms with Crippen molar-refractivity contribution in [2.45, 2.75) is 31.6 Å². The molecule has 1 saturated heterocycles. The van der Waals surface area contributed by atoms with Crippen molar-refractivity contribution in [3.05, 3.63) is 60.2 Å². The minimum Gasteiger partial charge on any atom is -0.481 e. The summed E-state index contributed by atoms with van der Waals surface area (Å²) in [5, 5.41) is 12.1. The molecule has 2 aromatic heterocycles. The molecule has 0 radical (unpaired) electrons. The number of nitrogens with one attached hydrogen (secondary N) is 1. The third kappa shape index (κ3) is 7.76. The Hall–Kier alpha value is -2.71. The number of aliphatic carboxylic acids is 1. The number of likely N-dealkylation sites (tertiary alicyclic amines) is 1. The monoisotopic (exact) mass is 482 g/mol. The van der Waals surface area contributed by atoms with Gasteiger partial charge < -0.3 is 15.3 Å². The summed E-state index contributed by atoms with van der Waals surface area (Å²) >= 11 is 0. The smallest absolute Gasteiger partial charge is 0.312 e. The van der Waals surface area contributed by atoms with E-state index < -0.39 is 11.9 Å². The number of hydrogen-bond donors (Lipinski definition) is 2. The molecule has 0 aromatic carbocycles. The van der Waals surface area contributed by atoms with Gasteiger partial charge in [-0.25, -0.2) is 0 Å². The van der Waals surface area contributed by atoms with Gasteiger partial charge in [0.2, 0.25) is 11.8 Å². The van der Waals surface area contributed by atoms with Crippen LogP contribution in [0.5, 0.6) is 0 Å². The summed E-state index contributed by atoms with van der Waals surface area (Å²) in [4.78, 5) is 46.2. The summed E-state index contributed by atoms with van der Waals surface area (Å²) in [6.07, 6.45) is 9.74. The van der Waals surface area contributed by atoms with Crippen LogP contribution >= 0.6 is 24.8 Å². The quantitative estimate of drug-likeness (QED) is 0.567. The third-order valence-corrected chi connectivity index (χ3v) is 5.40. The zero-order valence-electron chi connectivity index (χ0n) is 17.6. The Labute approximate surface area is 199 Å². The Balaban J connectivity index is 0.00000256. The summed E-state index contributed by atoms with van der Waals surface area (Å²) in [6.45, 7) is 0.445. The Bertz CT molecular complexity index is 871. The van der Waals surface area contributed by atoms with Crippen molar-refractivity contribution < 1.29 is 19.5 Å². The largest absolute Gasteiger partial charge is 0.481 e. The van der Waals surface area contributed by atoms with Crippen molar-refractivity contribution in [3.63, 3.8) is 0 Å². The number of aryl methyl sites for hydroxylation is 1. The normalized spacial score (nSPS) is 16.3. The number of carbonyl (C=O) groups excluding carboxylic acids is 2. The molecule has 1 aliphatic rings. The minimum atomic E-state index is -1.03. The average molecular weight is 483 g/mol. The second kappa shape index (κ2) is 13.6. The van der Waals surface area contributed by atoms with Crippen LogP contribution in [0.4, 0.5) is 0 Å². The molecular formula is C22H28Cl2N4O4. The van der Waals surface area contributed by atoms with E-state index in [9.17, 15) is 19.5 Å². The average Bonchev–Trinajstić information content (AvgIpc) is 2.76. The van der Waals surface area contributed by atoms with Gasteiger partial charge in [-0.3, -0.25) is 24.4 Å². The highest BCUT2D eigenvalue weighted by Gasteiger charge is 2.30. The SMILES string of the molecule is Cl.Cl.O=C(CN1CCC[C@@H](CCc2ccncc2)C1=O)NC[C@@H](C(=O)O)c1cccnc1. The second-order valence-corrected chi connectivity index (χ2v) is 7.47. The van der Waals surface area contributed by atoms with E-state index in [4.69, 9.17) is 0 Å². The van der Waals surface area contributed by atoms with E-state index in [1.54, 1.807) is 35.6 Å². The molecule has 0 unspecified atom stereocenters. The highest BCUT2D eigenvalue weighted by molar-refractivity contribution is 5.87. The van der Waals surface area contributed by atoms with Crippen molar-refractivity contribution in [1.82, 2.24) is 20.2 Å². The van der Waals surface area contributed by atoms with E-state index in [1.807, 2.05) is 12.1 Å². The van der Waals surface area contributed by atoms with E-state index in [0.29, 0.717) is 12.1 Å². The first-order valence-electron chi connectivity index (χ1n) is 10.1. The van der Waals surface area contributed by atoms with Gasteiger partial charge in [-0.1, -0.05) is 6.07 Å². The van der Waals surface area contributed by atoms with Gasteiger partial charge in [0.25, 0.3) is 0 Å². The number of pyridine rings is 2. The molecule has 3 heterocycles. The maximum absolute atomic E-state index is 12.8. The second-order valence-electron chi connectivity index (χ2n) is 7.47. The van der Waals surface area contributed by atoms with E-state index in [-0.39, 0.29) is 55.6 Å². The summed E-state index contributed by atoms with van der Waals surface area (Å²) in [6, 6.07) is 7.21. The van der Waals surface area contributed by atoms with Gasteiger partial charge in [0.05, 0.1) is 6.54 Å². The van der Waals surface area contributed by atoms with Gasteiger partial charge in [0.1, 0.15) is 5.92 Å². The van der Waals surface area contributed by atoms with Gasteiger partial charge in [-0.2, -0.15) is 0 Å². The lowest BCUT2D eigenvalue weighted by molar-refractivity contribution is -0.142. The fourth-order valence-electron chi connectivity index (χ4n) is 3.71. The number of nitrogens with zero attached hydrogens (tertiary/aromatic N) is 3. The van der Waals surface area contributed by atoms with Crippen LogP contribution in [-0.4, -0.2) is 57.4 Å². The number of aromatic nitrogens is 2. The molecule has 2 atom stereocenters. The lowest BCUT2D eigenvalue weighted by atomic mass is 9.91. The number of carboxylic acids is 1. The number of carbonyl (C=O) groups is 3. The summed E-state index contributed by atoms with van der Waals surface area (Å²) < 4.78 is 0. The lowest BCUT2D eigenvalue weighted by Gasteiger charge is -2.32. The molecule has 2 amide bonds. The molecule has 174 valence electrons. The maximum Gasteiger partial charge on any atom is 0.312 e. The zero-order valence-corrected chi connectivity index (χ0v) is 19.2. The number of amides is 2. The van der Waals surface area contributed by atoms with Crippen LogP contribution in [0.25, 0.3) is 0 Å². The molecule has 0 saturated carbocycles. The molecule has 2 aromatic rings. The number of halogens is 2.